The zero-order valence-electron chi connectivity index (χ0n) is 19.7. The molecular weight excluding hydrogens is 432 g/mol. The van der Waals surface area contributed by atoms with Gasteiger partial charge in [-0.05, 0) is 69.0 Å². The van der Waals surface area contributed by atoms with Gasteiger partial charge in [-0.15, -0.1) is 0 Å². The number of furan rings is 1. The Bertz CT molecular complexity index is 989. The van der Waals surface area contributed by atoms with E-state index in [0.29, 0.717) is 30.1 Å². The van der Waals surface area contributed by atoms with Crippen molar-refractivity contribution in [3.8, 4) is 0 Å². The van der Waals surface area contributed by atoms with Crippen LogP contribution in [-0.2, 0) is 16.1 Å². The predicted molar refractivity (Wildman–Crippen MR) is 124 cm³/mol. The highest BCUT2D eigenvalue weighted by Crippen LogP contribution is 2.45. The maximum absolute atomic E-state index is 13.4. The number of likely N-dealkylation sites (tertiary alicyclic amines) is 1. The van der Waals surface area contributed by atoms with Gasteiger partial charge in [-0.2, -0.15) is 0 Å². The summed E-state index contributed by atoms with van der Waals surface area (Å²) in [5, 5.41) is 2.75. The van der Waals surface area contributed by atoms with Crippen LogP contribution in [0.2, 0.25) is 0 Å². The molecule has 4 aliphatic heterocycles. The summed E-state index contributed by atoms with van der Waals surface area (Å²) in [6.07, 6.45) is 11.9. The Kier molecular flexibility index (Phi) is 5.71. The number of nitrogens with one attached hydrogen (secondary N) is 1. The summed E-state index contributed by atoms with van der Waals surface area (Å²) >= 11 is 0. The summed E-state index contributed by atoms with van der Waals surface area (Å²) in [5.41, 5.74) is 1.47. The first-order valence-electron chi connectivity index (χ1n) is 13.0. The molecule has 5 aliphatic rings. The number of hydrogen-bond acceptors (Lipinski definition) is 5. The van der Waals surface area contributed by atoms with E-state index in [0.717, 1.165) is 25.9 Å². The zero-order valence-corrected chi connectivity index (χ0v) is 19.7. The summed E-state index contributed by atoms with van der Waals surface area (Å²) in [7, 11) is 0. The van der Waals surface area contributed by atoms with E-state index in [-0.39, 0.29) is 30.8 Å². The molecule has 6 rings (SSSR count). The van der Waals surface area contributed by atoms with Gasteiger partial charge in [-0.1, -0.05) is 18.1 Å². The van der Waals surface area contributed by atoms with Gasteiger partial charge in [0.2, 0.25) is 5.91 Å². The third kappa shape index (κ3) is 3.85. The van der Waals surface area contributed by atoms with Gasteiger partial charge in [0, 0.05) is 25.6 Å². The largest absolute Gasteiger partial charge is 0.467 e. The molecule has 34 heavy (non-hydrogen) atoms. The van der Waals surface area contributed by atoms with E-state index in [1.807, 2.05) is 0 Å². The molecule has 182 valence electrons. The quantitative estimate of drug-likeness (QED) is 0.533. The van der Waals surface area contributed by atoms with Crippen LogP contribution in [0.15, 0.2) is 34.5 Å². The Labute approximate surface area is 200 Å². The first-order chi connectivity index (χ1) is 16.6. The van der Waals surface area contributed by atoms with Crippen LogP contribution in [0.5, 0.6) is 0 Å². The van der Waals surface area contributed by atoms with E-state index < -0.39 is 12.1 Å². The van der Waals surface area contributed by atoms with E-state index in [2.05, 4.69) is 21.2 Å². The summed E-state index contributed by atoms with van der Waals surface area (Å²) in [6, 6.07) is 3.32. The third-order valence-electron chi connectivity index (χ3n) is 8.63. The van der Waals surface area contributed by atoms with E-state index in [1.54, 1.807) is 12.1 Å². The molecule has 1 N–H and O–H groups in total. The Morgan fingerprint density at radius 1 is 1.18 bits per heavy atom. The summed E-state index contributed by atoms with van der Waals surface area (Å²) in [4.78, 5) is 44.5. The van der Waals surface area contributed by atoms with Crippen LogP contribution < -0.4 is 5.32 Å². The molecule has 4 amide bonds. The van der Waals surface area contributed by atoms with Crippen molar-refractivity contribution in [1.29, 1.82) is 0 Å². The molecule has 0 unspecified atom stereocenters. The van der Waals surface area contributed by atoms with Crippen molar-refractivity contribution in [3.63, 3.8) is 0 Å². The Morgan fingerprint density at radius 2 is 2.09 bits per heavy atom. The summed E-state index contributed by atoms with van der Waals surface area (Å²) in [5.74, 6) is 1.55. The highest BCUT2D eigenvalue weighted by atomic mass is 16.3. The number of amides is 4. The molecule has 0 saturated carbocycles. The molecule has 1 aliphatic carbocycles. The van der Waals surface area contributed by atoms with Crippen LogP contribution in [0, 0.1) is 11.8 Å². The SMILES string of the molecule is O=C1N[C@H](CCC(=O)N2CCCC3=C[C@H]4C[C@@H](CN5CCCC[C@H]45)[C@H]32)C(=O)N1Cc1ccco1. The minimum Gasteiger partial charge on any atom is -0.467 e. The number of rotatable bonds is 5. The molecule has 4 saturated heterocycles. The Balaban J connectivity index is 1.11. The Hall–Kier alpha value is -2.61. The second-order valence-corrected chi connectivity index (χ2v) is 10.6. The van der Waals surface area contributed by atoms with Crippen molar-refractivity contribution in [3.05, 3.63) is 35.8 Å². The first-order valence-corrected chi connectivity index (χ1v) is 13.0. The van der Waals surface area contributed by atoms with Crippen molar-refractivity contribution in [2.75, 3.05) is 19.6 Å². The van der Waals surface area contributed by atoms with Crippen molar-refractivity contribution in [1.82, 2.24) is 20.0 Å². The molecule has 8 heteroatoms. The molecule has 0 spiro atoms. The van der Waals surface area contributed by atoms with Crippen LogP contribution in [0.3, 0.4) is 0 Å². The topological polar surface area (TPSA) is 86.1 Å². The number of piperidine rings is 3. The number of carbonyl (C=O) groups is 3. The second-order valence-electron chi connectivity index (χ2n) is 10.6. The first kappa shape index (κ1) is 21.9. The number of fused-ring (bicyclic) bond motifs is 6. The summed E-state index contributed by atoms with van der Waals surface area (Å²) in [6.45, 7) is 3.21. The molecule has 8 nitrogen and oxygen atoms in total. The van der Waals surface area contributed by atoms with Crippen LogP contribution in [-0.4, -0.2) is 70.3 Å². The second kappa shape index (κ2) is 8.87. The average Bonchev–Trinajstić information content (AvgIpc) is 3.46. The van der Waals surface area contributed by atoms with E-state index >= 15 is 0 Å². The van der Waals surface area contributed by atoms with Gasteiger partial charge in [-0.3, -0.25) is 19.4 Å². The normalized spacial score (nSPS) is 33.3. The zero-order chi connectivity index (χ0) is 23.2. The minimum atomic E-state index is -0.647. The smallest absolute Gasteiger partial charge is 0.325 e. The molecular formula is C26H34N4O4. The van der Waals surface area contributed by atoms with Gasteiger partial charge in [0.15, 0.2) is 0 Å². The van der Waals surface area contributed by atoms with Crippen molar-refractivity contribution < 1.29 is 18.8 Å². The molecule has 0 radical (unpaired) electrons. The number of hydrogen-bond donors (Lipinski definition) is 1. The molecule has 0 aromatic carbocycles. The van der Waals surface area contributed by atoms with Crippen molar-refractivity contribution in [2.45, 2.75) is 76.0 Å². The Morgan fingerprint density at radius 3 is 2.94 bits per heavy atom. The van der Waals surface area contributed by atoms with Crippen molar-refractivity contribution in [2.24, 2.45) is 11.8 Å². The molecule has 5 heterocycles. The molecule has 1 aromatic rings. The lowest BCUT2D eigenvalue weighted by atomic mass is 9.68. The number of carbonyl (C=O) groups excluding carboxylic acids is 3. The lowest BCUT2D eigenvalue weighted by Gasteiger charge is -2.54. The maximum Gasteiger partial charge on any atom is 0.325 e. The highest BCUT2D eigenvalue weighted by Gasteiger charge is 2.47. The fourth-order valence-corrected chi connectivity index (χ4v) is 7.15. The average molecular weight is 467 g/mol. The number of urea groups is 1. The predicted octanol–water partition coefficient (Wildman–Crippen LogP) is 2.90. The maximum atomic E-state index is 13.4. The van der Waals surface area contributed by atoms with Crippen LogP contribution in [0.25, 0.3) is 0 Å². The van der Waals surface area contributed by atoms with Gasteiger partial charge in [0.05, 0.1) is 18.8 Å². The molecule has 4 fully saturated rings. The monoisotopic (exact) mass is 466 g/mol. The third-order valence-corrected chi connectivity index (χ3v) is 8.63. The van der Waals surface area contributed by atoms with Gasteiger partial charge >= 0.3 is 6.03 Å². The van der Waals surface area contributed by atoms with Crippen LogP contribution in [0.1, 0.15) is 57.1 Å². The fourth-order valence-electron chi connectivity index (χ4n) is 7.15. The highest BCUT2D eigenvalue weighted by molar-refractivity contribution is 6.04. The van der Waals surface area contributed by atoms with E-state index in [9.17, 15) is 14.4 Å². The van der Waals surface area contributed by atoms with Gasteiger partial charge < -0.3 is 14.6 Å². The minimum absolute atomic E-state index is 0.112. The molecule has 2 bridgehead atoms. The van der Waals surface area contributed by atoms with Crippen LogP contribution >= 0.6 is 0 Å². The standard InChI is InChI=1S/C26H34N4O4/c31-23(9-8-21-25(32)30(26(33)27-21)16-20-6-4-12-34-20)29-11-3-5-17-13-18-14-19(24(17)29)15-28-10-2-1-7-22(18)28/h4,6,12-13,18-19,21-22,24H,1-3,5,7-11,14-16H2,(H,27,33)/t18-,19-,21+,22+,24-/m0/s1. The van der Waals surface area contributed by atoms with Gasteiger partial charge in [0.1, 0.15) is 11.8 Å². The van der Waals surface area contributed by atoms with Gasteiger partial charge in [0.25, 0.3) is 5.91 Å². The molecule has 1 aromatic heterocycles. The summed E-state index contributed by atoms with van der Waals surface area (Å²) < 4.78 is 5.28. The van der Waals surface area contributed by atoms with Gasteiger partial charge in [-0.25, -0.2) is 4.79 Å². The van der Waals surface area contributed by atoms with E-state index in [1.165, 1.54) is 49.0 Å². The lowest BCUT2D eigenvalue weighted by molar-refractivity contribution is -0.136. The van der Waals surface area contributed by atoms with Crippen molar-refractivity contribution >= 4 is 17.8 Å². The molecule has 5 atom stereocenters. The van der Waals surface area contributed by atoms with E-state index in [4.69, 9.17) is 4.42 Å². The number of imide groups is 1. The fraction of sp³-hybridized carbons (Fsp3) is 0.654. The number of nitrogens with zero attached hydrogens (tertiary/aromatic N) is 3. The lowest BCUT2D eigenvalue weighted by Crippen LogP contribution is -2.60. The van der Waals surface area contributed by atoms with Crippen LogP contribution in [0.4, 0.5) is 4.79 Å².